The highest BCUT2D eigenvalue weighted by Crippen LogP contribution is 2.12. The van der Waals surface area contributed by atoms with E-state index in [0.717, 1.165) is 10.6 Å². The van der Waals surface area contributed by atoms with E-state index < -0.39 is 0 Å². The molecule has 6 nitrogen and oxygen atoms in total. The molecule has 0 fully saturated rings. The highest BCUT2D eigenvalue weighted by Gasteiger charge is 2.05. The number of rotatable bonds is 5. The topological polar surface area (TPSA) is 84.6 Å². The number of hydrazine groups is 1. The van der Waals surface area contributed by atoms with Gasteiger partial charge in [0, 0.05) is 18.0 Å². The van der Waals surface area contributed by atoms with Gasteiger partial charge in [-0.15, -0.1) is 11.3 Å². The maximum Gasteiger partial charge on any atom is 0.206 e. The Morgan fingerprint density at radius 1 is 1.71 bits per heavy atom. The average Bonchev–Trinajstić information content (AvgIpc) is 2.70. The van der Waals surface area contributed by atoms with Crippen molar-refractivity contribution in [3.8, 4) is 0 Å². The number of aliphatic imine (C=N–C) groups is 1. The standard InChI is InChI=1S/C10H19N5OS/c1-7(5-16-3)14-10(15-11)12-4-9-8(2)13-6-17-9/h6-7H,4-5,11H2,1-3H3,(H2,12,14,15). The summed E-state index contributed by atoms with van der Waals surface area (Å²) in [5.74, 6) is 5.96. The number of aromatic nitrogens is 1. The van der Waals surface area contributed by atoms with Crippen molar-refractivity contribution < 1.29 is 4.74 Å². The van der Waals surface area contributed by atoms with Gasteiger partial charge in [0.05, 0.1) is 24.4 Å². The van der Waals surface area contributed by atoms with Gasteiger partial charge in [0.1, 0.15) is 0 Å². The number of thiazole rings is 1. The quantitative estimate of drug-likeness (QED) is 0.308. The third kappa shape index (κ3) is 4.68. The van der Waals surface area contributed by atoms with E-state index in [1.54, 1.807) is 18.4 Å². The molecule has 1 atom stereocenters. The van der Waals surface area contributed by atoms with Crippen molar-refractivity contribution in [2.75, 3.05) is 13.7 Å². The fourth-order valence-electron chi connectivity index (χ4n) is 1.29. The van der Waals surface area contributed by atoms with E-state index in [1.165, 1.54) is 0 Å². The van der Waals surface area contributed by atoms with Crippen molar-refractivity contribution in [1.29, 1.82) is 0 Å². The predicted molar refractivity (Wildman–Crippen MR) is 69.8 cm³/mol. The highest BCUT2D eigenvalue weighted by atomic mass is 32.1. The number of nitrogens with zero attached hydrogens (tertiary/aromatic N) is 2. The molecule has 0 radical (unpaired) electrons. The van der Waals surface area contributed by atoms with Crippen LogP contribution in [0.3, 0.4) is 0 Å². The van der Waals surface area contributed by atoms with Crippen LogP contribution in [0.5, 0.6) is 0 Å². The van der Waals surface area contributed by atoms with Gasteiger partial charge in [0.15, 0.2) is 0 Å². The number of hydrogen-bond donors (Lipinski definition) is 3. The van der Waals surface area contributed by atoms with Crippen molar-refractivity contribution in [2.24, 2.45) is 10.8 Å². The van der Waals surface area contributed by atoms with Crippen LogP contribution in [0.2, 0.25) is 0 Å². The second kappa shape index (κ2) is 7.21. The molecule has 17 heavy (non-hydrogen) atoms. The van der Waals surface area contributed by atoms with Crippen LogP contribution in [0.15, 0.2) is 10.5 Å². The maximum absolute atomic E-state index is 5.40. The molecule has 1 heterocycles. The number of nitrogens with two attached hydrogens (primary N) is 1. The number of hydrogen-bond acceptors (Lipinski definition) is 5. The molecule has 0 amide bonds. The van der Waals surface area contributed by atoms with E-state index in [2.05, 4.69) is 20.7 Å². The van der Waals surface area contributed by atoms with Crippen LogP contribution in [-0.2, 0) is 11.3 Å². The molecule has 0 aliphatic heterocycles. The van der Waals surface area contributed by atoms with E-state index >= 15 is 0 Å². The Hall–Kier alpha value is -1.18. The number of guanidine groups is 1. The molecule has 7 heteroatoms. The van der Waals surface area contributed by atoms with Crippen molar-refractivity contribution in [3.05, 3.63) is 16.1 Å². The average molecular weight is 257 g/mol. The lowest BCUT2D eigenvalue weighted by Gasteiger charge is -2.15. The van der Waals surface area contributed by atoms with Gasteiger partial charge in [-0.3, -0.25) is 5.43 Å². The Labute approximate surface area is 105 Å². The molecule has 0 aliphatic carbocycles. The van der Waals surface area contributed by atoms with Gasteiger partial charge < -0.3 is 10.1 Å². The van der Waals surface area contributed by atoms with E-state index in [0.29, 0.717) is 19.1 Å². The SMILES string of the molecule is COCC(C)NC(=NCc1scnc1C)NN. The molecule has 96 valence electrons. The Bertz CT molecular complexity index is 365. The summed E-state index contributed by atoms with van der Waals surface area (Å²) in [6, 6.07) is 0.150. The zero-order chi connectivity index (χ0) is 12.7. The normalized spacial score (nSPS) is 13.5. The monoisotopic (exact) mass is 257 g/mol. The van der Waals surface area contributed by atoms with Gasteiger partial charge >= 0.3 is 0 Å². The van der Waals surface area contributed by atoms with Gasteiger partial charge in [0.25, 0.3) is 0 Å². The minimum Gasteiger partial charge on any atom is -0.383 e. The minimum atomic E-state index is 0.150. The molecule has 0 saturated carbocycles. The molecule has 1 aromatic rings. The molecule has 0 aliphatic rings. The second-order valence-corrected chi connectivity index (χ2v) is 4.61. The summed E-state index contributed by atoms with van der Waals surface area (Å²) in [5.41, 5.74) is 5.37. The number of aryl methyl sites for hydroxylation is 1. The number of ether oxygens (including phenoxy) is 1. The molecule has 0 bridgehead atoms. The van der Waals surface area contributed by atoms with Crippen molar-refractivity contribution in [3.63, 3.8) is 0 Å². The van der Waals surface area contributed by atoms with E-state index in [4.69, 9.17) is 10.6 Å². The largest absolute Gasteiger partial charge is 0.383 e. The van der Waals surface area contributed by atoms with Gasteiger partial charge in [-0.1, -0.05) is 0 Å². The summed E-state index contributed by atoms with van der Waals surface area (Å²) in [5, 5.41) is 3.12. The van der Waals surface area contributed by atoms with Crippen LogP contribution in [-0.4, -0.2) is 30.7 Å². The smallest absolute Gasteiger partial charge is 0.206 e. The molecule has 1 rings (SSSR count). The van der Waals surface area contributed by atoms with Crippen LogP contribution in [0.4, 0.5) is 0 Å². The Kier molecular flexibility index (Phi) is 5.88. The third-order valence-corrected chi connectivity index (χ3v) is 3.08. The summed E-state index contributed by atoms with van der Waals surface area (Å²) in [4.78, 5) is 9.66. The second-order valence-electron chi connectivity index (χ2n) is 3.67. The van der Waals surface area contributed by atoms with E-state index in [1.807, 2.05) is 19.4 Å². The van der Waals surface area contributed by atoms with Crippen LogP contribution in [0.25, 0.3) is 0 Å². The molecule has 0 aromatic carbocycles. The highest BCUT2D eigenvalue weighted by molar-refractivity contribution is 7.09. The molecule has 1 aromatic heterocycles. The van der Waals surface area contributed by atoms with Gasteiger partial charge in [0.2, 0.25) is 5.96 Å². The van der Waals surface area contributed by atoms with Gasteiger partial charge in [-0.05, 0) is 13.8 Å². The van der Waals surface area contributed by atoms with Crippen LogP contribution in [0.1, 0.15) is 17.5 Å². The molecule has 0 saturated heterocycles. The lowest BCUT2D eigenvalue weighted by molar-refractivity contribution is 0.179. The molecular formula is C10H19N5OS. The van der Waals surface area contributed by atoms with E-state index in [9.17, 15) is 0 Å². The first-order chi connectivity index (χ1) is 8.17. The molecular weight excluding hydrogens is 238 g/mol. The van der Waals surface area contributed by atoms with Crippen LogP contribution < -0.4 is 16.6 Å². The fraction of sp³-hybridized carbons (Fsp3) is 0.600. The minimum absolute atomic E-state index is 0.150. The van der Waals surface area contributed by atoms with Crippen LogP contribution in [0, 0.1) is 6.92 Å². The Balaban J connectivity index is 2.52. The predicted octanol–water partition coefficient (Wildman–Crippen LogP) is 0.395. The summed E-state index contributed by atoms with van der Waals surface area (Å²) in [7, 11) is 1.66. The van der Waals surface area contributed by atoms with Gasteiger partial charge in [-0.25, -0.2) is 15.8 Å². The first-order valence-electron chi connectivity index (χ1n) is 5.32. The third-order valence-electron chi connectivity index (χ3n) is 2.16. The first-order valence-corrected chi connectivity index (χ1v) is 6.20. The van der Waals surface area contributed by atoms with Crippen molar-refractivity contribution in [2.45, 2.75) is 26.4 Å². The van der Waals surface area contributed by atoms with Gasteiger partial charge in [-0.2, -0.15) is 0 Å². The summed E-state index contributed by atoms with van der Waals surface area (Å²) in [6.45, 7) is 5.13. The number of methoxy groups -OCH3 is 1. The molecule has 1 unspecified atom stereocenters. The fourth-order valence-corrected chi connectivity index (χ4v) is 1.99. The summed E-state index contributed by atoms with van der Waals surface area (Å²) in [6.07, 6.45) is 0. The Morgan fingerprint density at radius 2 is 2.47 bits per heavy atom. The molecule has 0 spiro atoms. The van der Waals surface area contributed by atoms with E-state index in [-0.39, 0.29) is 6.04 Å². The van der Waals surface area contributed by atoms with Crippen molar-refractivity contribution >= 4 is 17.3 Å². The van der Waals surface area contributed by atoms with Crippen LogP contribution >= 0.6 is 11.3 Å². The summed E-state index contributed by atoms with van der Waals surface area (Å²) < 4.78 is 5.02. The lowest BCUT2D eigenvalue weighted by atomic mass is 10.4. The first kappa shape index (κ1) is 13.9. The Morgan fingerprint density at radius 3 is 3.00 bits per heavy atom. The zero-order valence-electron chi connectivity index (χ0n) is 10.4. The maximum atomic E-state index is 5.40. The lowest BCUT2D eigenvalue weighted by Crippen LogP contribution is -2.46. The number of nitrogens with one attached hydrogen (secondary N) is 2. The van der Waals surface area contributed by atoms with Crippen molar-refractivity contribution in [1.82, 2.24) is 15.7 Å². The molecule has 4 N–H and O–H groups in total. The summed E-state index contributed by atoms with van der Waals surface area (Å²) >= 11 is 1.59. The zero-order valence-corrected chi connectivity index (χ0v) is 11.2.